The molecule has 1 N–H and O–H groups in total. The molecule has 1 amide bonds. The van der Waals surface area contributed by atoms with Crippen LogP contribution in [0.4, 0.5) is 0 Å². The van der Waals surface area contributed by atoms with E-state index in [2.05, 4.69) is 70.7 Å². The molecule has 0 spiro atoms. The zero-order valence-corrected chi connectivity index (χ0v) is 21.5. The third-order valence-corrected chi connectivity index (χ3v) is 6.32. The summed E-state index contributed by atoms with van der Waals surface area (Å²) in [6, 6.07) is 19.6. The number of hydrogen-bond acceptors (Lipinski definition) is 7. The van der Waals surface area contributed by atoms with E-state index in [4.69, 9.17) is 4.74 Å². The molecule has 0 saturated heterocycles. The summed E-state index contributed by atoms with van der Waals surface area (Å²) < 4.78 is 7.26. The second-order valence-electron chi connectivity index (χ2n) is 9.04. The number of pyridine rings is 1. The summed E-state index contributed by atoms with van der Waals surface area (Å²) in [7, 11) is 1.63. The van der Waals surface area contributed by atoms with E-state index in [-0.39, 0.29) is 17.1 Å². The molecule has 2 heterocycles. The topological polar surface area (TPSA) is 94.3 Å². The first-order valence-electron chi connectivity index (χ1n) is 11.4. The SMILES string of the molecule is COc1ccc(-n2c(SCC(=O)N/N=C/c3cccnc3)nnc2-c2ccc(C(C)(C)C)cc2)cc1. The van der Waals surface area contributed by atoms with Gasteiger partial charge in [0.25, 0.3) is 5.91 Å². The van der Waals surface area contributed by atoms with E-state index >= 15 is 0 Å². The van der Waals surface area contributed by atoms with Gasteiger partial charge in [-0.15, -0.1) is 10.2 Å². The molecule has 2 aromatic carbocycles. The van der Waals surface area contributed by atoms with Crippen molar-refractivity contribution in [1.29, 1.82) is 0 Å². The largest absolute Gasteiger partial charge is 0.497 e. The van der Waals surface area contributed by atoms with Gasteiger partial charge in [0.05, 0.1) is 19.1 Å². The molecule has 0 aliphatic heterocycles. The lowest BCUT2D eigenvalue weighted by Crippen LogP contribution is -2.20. The van der Waals surface area contributed by atoms with Crippen LogP contribution in [0.15, 0.2) is 83.3 Å². The quantitative estimate of drug-likeness (QED) is 0.211. The number of aromatic nitrogens is 4. The number of amides is 1. The Morgan fingerprint density at radius 2 is 1.83 bits per heavy atom. The number of rotatable bonds is 8. The fourth-order valence-electron chi connectivity index (χ4n) is 3.43. The van der Waals surface area contributed by atoms with Crippen molar-refractivity contribution in [2.75, 3.05) is 12.9 Å². The number of benzene rings is 2. The van der Waals surface area contributed by atoms with Gasteiger partial charge in [0.1, 0.15) is 5.75 Å². The van der Waals surface area contributed by atoms with Crippen LogP contribution in [-0.4, -0.2) is 44.7 Å². The van der Waals surface area contributed by atoms with Crippen LogP contribution in [0.5, 0.6) is 5.75 Å². The van der Waals surface area contributed by atoms with Crippen molar-refractivity contribution in [3.8, 4) is 22.8 Å². The number of thioether (sulfide) groups is 1. The molecule has 0 aliphatic rings. The lowest BCUT2D eigenvalue weighted by Gasteiger charge is -2.19. The molecule has 184 valence electrons. The van der Waals surface area contributed by atoms with Crippen molar-refractivity contribution in [2.45, 2.75) is 31.3 Å². The molecule has 4 aromatic rings. The van der Waals surface area contributed by atoms with E-state index < -0.39 is 0 Å². The van der Waals surface area contributed by atoms with Crippen molar-refractivity contribution in [3.05, 3.63) is 84.2 Å². The molecule has 4 rings (SSSR count). The molecular weight excluding hydrogens is 472 g/mol. The summed E-state index contributed by atoms with van der Waals surface area (Å²) in [5.41, 5.74) is 6.43. The van der Waals surface area contributed by atoms with Gasteiger partial charge in [-0.1, -0.05) is 62.9 Å². The molecule has 0 radical (unpaired) electrons. The lowest BCUT2D eigenvalue weighted by atomic mass is 9.87. The fraction of sp³-hybridized carbons (Fsp3) is 0.222. The third kappa shape index (κ3) is 6.17. The summed E-state index contributed by atoms with van der Waals surface area (Å²) >= 11 is 1.29. The first-order chi connectivity index (χ1) is 17.3. The van der Waals surface area contributed by atoms with Gasteiger partial charge in [-0.05, 0) is 41.3 Å². The maximum absolute atomic E-state index is 12.4. The van der Waals surface area contributed by atoms with Gasteiger partial charge >= 0.3 is 0 Å². The van der Waals surface area contributed by atoms with Crippen LogP contribution in [0.3, 0.4) is 0 Å². The summed E-state index contributed by atoms with van der Waals surface area (Å²) in [5.74, 6) is 1.32. The zero-order chi connectivity index (χ0) is 25.5. The highest BCUT2D eigenvalue weighted by atomic mass is 32.2. The van der Waals surface area contributed by atoms with E-state index in [9.17, 15) is 4.79 Å². The van der Waals surface area contributed by atoms with E-state index in [0.717, 1.165) is 22.6 Å². The number of carbonyl (C=O) groups excluding carboxylic acids is 1. The first-order valence-corrected chi connectivity index (χ1v) is 12.4. The Balaban J connectivity index is 1.56. The monoisotopic (exact) mass is 500 g/mol. The van der Waals surface area contributed by atoms with Crippen LogP contribution in [0.25, 0.3) is 17.1 Å². The fourth-order valence-corrected chi connectivity index (χ4v) is 4.17. The van der Waals surface area contributed by atoms with Gasteiger partial charge in [-0.2, -0.15) is 5.10 Å². The first kappa shape index (κ1) is 25.1. The van der Waals surface area contributed by atoms with Crippen molar-refractivity contribution in [1.82, 2.24) is 25.2 Å². The molecular formula is C27H28N6O2S. The van der Waals surface area contributed by atoms with Gasteiger partial charge in [0.15, 0.2) is 11.0 Å². The molecule has 0 saturated carbocycles. The number of hydrazone groups is 1. The summed E-state index contributed by atoms with van der Waals surface area (Å²) in [4.78, 5) is 16.4. The minimum atomic E-state index is -0.250. The zero-order valence-electron chi connectivity index (χ0n) is 20.7. The number of ether oxygens (including phenoxy) is 1. The summed E-state index contributed by atoms with van der Waals surface area (Å²) in [6.07, 6.45) is 4.89. The Hall–Kier alpha value is -3.98. The van der Waals surface area contributed by atoms with Gasteiger partial charge < -0.3 is 4.74 Å². The number of nitrogens with one attached hydrogen (secondary N) is 1. The van der Waals surface area contributed by atoms with Crippen molar-refractivity contribution in [3.63, 3.8) is 0 Å². The van der Waals surface area contributed by atoms with E-state index in [1.165, 1.54) is 17.3 Å². The highest BCUT2D eigenvalue weighted by Gasteiger charge is 2.19. The Bertz CT molecular complexity index is 1330. The molecule has 36 heavy (non-hydrogen) atoms. The molecule has 0 unspecified atom stereocenters. The van der Waals surface area contributed by atoms with Gasteiger partial charge in [-0.25, -0.2) is 5.43 Å². The Morgan fingerprint density at radius 3 is 2.47 bits per heavy atom. The number of carbonyl (C=O) groups is 1. The summed E-state index contributed by atoms with van der Waals surface area (Å²) in [5, 5.41) is 13.5. The maximum Gasteiger partial charge on any atom is 0.250 e. The average Bonchev–Trinajstić information content (AvgIpc) is 3.31. The predicted molar refractivity (Wildman–Crippen MR) is 143 cm³/mol. The minimum Gasteiger partial charge on any atom is -0.497 e. The molecule has 0 bridgehead atoms. The predicted octanol–water partition coefficient (Wildman–Crippen LogP) is 4.88. The second kappa shape index (κ2) is 11.2. The van der Waals surface area contributed by atoms with Crippen LogP contribution in [0.2, 0.25) is 0 Å². The van der Waals surface area contributed by atoms with Crippen molar-refractivity contribution >= 4 is 23.9 Å². The molecule has 9 heteroatoms. The van der Waals surface area contributed by atoms with Crippen LogP contribution in [0.1, 0.15) is 31.9 Å². The Labute approximate surface area is 214 Å². The third-order valence-electron chi connectivity index (χ3n) is 5.39. The second-order valence-corrected chi connectivity index (χ2v) is 9.98. The van der Waals surface area contributed by atoms with E-state index in [0.29, 0.717) is 11.0 Å². The van der Waals surface area contributed by atoms with E-state index in [1.54, 1.807) is 31.8 Å². The Kier molecular flexibility index (Phi) is 7.80. The van der Waals surface area contributed by atoms with Gasteiger partial charge in [0.2, 0.25) is 0 Å². The normalized spacial score (nSPS) is 11.6. The number of hydrogen-bond donors (Lipinski definition) is 1. The number of methoxy groups -OCH3 is 1. The highest BCUT2D eigenvalue weighted by Crippen LogP contribution is 2.30. The summed E-state index contributed by atoms with van der Waals surface area (Å²) in [6.45, 7) is 6.55. The van der Waals surface area contributed by atoms with Gasteiger partial charge in [0, 0.05) is 29.2 Å². The smallest absolute Gasteiger partial charge is 0.250 e. The van der Waals surface area contributed by atoms with Crippen molar-refractivity contribution in [2.24, 2.45) is 5.10 Å². The van der Waals surface area contributed by atoms with Crippen molar-refractivity contribution < 1.29 is 9.53 Å². The molecule has 0 fully saturated rings. The minimum absolute atomic E-state index is 0.0517. The standard InChI is InChI=1S/C27H28N6O2S/c1-27(2,3)21-9-7-20(8-10-21)25-31-32-26(33(25)22-11-13-23(35-4)14-12-22)36-18-24(34)30-29-17-19-6-5-15-28-16-19/h5-17H,18H2,1-4H3,(H,30,34)/b29-17+. The molecule has 0 aliphatic carbocycles. The average molecular weight is 501 g/mol. The lowest BCUT2D eigenvalue weighted by molar-refractivity contribution is -0.118. The Morgan fingerprint density at radius 1 is 1.08 bits per heavy atom. The maximum atomic E-state index is 12.4. The molecule has 8 nitrogen and oxygen atoms in total. The van der Waals surface area contributed by atoms with Gasteiger partial charge in [-0.3, -0.25) is 14.3 Å². The van der Waals surface area contributed by atoms with E-state index in [1.807, 2.05) is 34.9 Å². The highest BCUT2D eigenvalue weighted by molar-refractivity contribution is 7.99. The van der Waals surface area contributed by atoms with Crippen LogP contribution in [-0.2, 0) is 10.2 Å². The molecule has 2 aromatic heterocycles. The van der Waals surface area contributed by atoms with Crippen LogP contribution < -0.4 is 10.2 Å². The molecule has 0 atom stereocenters. The van der Waals surface area contributed by atoms with Crippen LogP contribution >= 0.6 is 11.8 Å². The number of nitrogens with zero attached hydrogens (tertiary/aromatic N) is 5. The van der Waals surface area contributed by atoms with Crippen LogP contribution in [0, 0.1) is 0 Å².